The highest BCUT2D eigenvalue weighted by molar-refractivity contribution is 6.32. The molecular formula is C26H26ClFN2O3. The predicted octanol–water partition coefficient (Wildman–Crippen LogP) is 6.04. The van der Waals surface area contributed by atoms with Crippen LogP contribution in [0.5, 0.6) is 11.5 Å². The van der Waals surface area contributed by atoms with E-state index >= 15 is 0 Å². The van der Waals surface area contributed by atoms with Crippen LogP contribution >= 0.6 is 11.6 Å². The molecule has 5 nitrogen and oxygen atoms in total. The Bertz CT molecular complexity index is 1100. The molecule has 0 aromatic heterocycles. The van der Waals surface area contributed by atoms with Crippen molar-refractivity contribution in [1.82, 2.24) is 0 Å². The summed E-state index contributed by atoms with van der Waals surface area (Å²) in [6, 6.07) is 18.0. The summed E-state index contributed by atoms with van der Waals surface area (Å²) in [5, 5.41) is 0.404. The Kier molecular flexibility index (Phi) is 7.81. The Hall–Kier alpha value is -3.09. The number of hydrogen-bond donors (Lipinski definition) is 0. The van der Waals surface area contributed by atoms with Gasteiger partial charge in [-0.25, -0.2) is 4.39 Å². The van der Waals surface area contributed by atoms with E-state index in [2.05, 4.69) is 22.0 Å². The van der Waals surface area contributed by atoms with Gasteiger partial charge in [0.15, 0.2) is 11.5 Å². The van der Waals surface area contributed by atoms with E-state index in [-0.39, 0.29) is 12.4 Å². The van der Waals surface area contributed by atoms with Crippen molar-refractivity contribution in [3.05, 3.63) is 82.6 Å². The van der Waals surface area contributed by atoms with E-state index in [0.29, 0.717) is 28.7 Å². The molecule has 172 valence electrons. The molecule has 0 atom stereocenters. The van der Waals surface area contributed by atoms with Crippen molar-refractivity contribution in [1.29, 1.82) is 0 Å². The van der Waals surface area contributed by atoms with E-state index in [4.69, 9.17) is 25.8 Å². The van der Waals surface area contributed by atoms with Crippen molar-refractivity contribution >= 4 is 29.2 Å². The standard InChI is InChI=1S/C26H26ClFN2O3/c1-2-32-25-16-20(15-24(27)26(25)33-18-19-4-3-5-21(28)14-19)17-29-22-6-8-23(9-7-22)30-10-12-31-13-11-30/h3-9,14-17H,2,10-13,18H2,1H3. The van der Waals surface area contributed by atoms with Gasteiger partial charge >= 0.3 is 0 Å². The number of anilines is 1. The van der Waals surface area contributed by atoms with Crippen LogP contribution in [0.25, 0.3) is 0 Å². The molecule has 4 rings (SSSR count). The maximum absolute atomic E-state index is 13.4. The Morgan fingerprint density at radius 3 is 2.58 bits per heavy atom. The lowest BCUT2D eigenvalue weighted by Crippen LogP contribution is -2.36. The molecule has 0 unspecified atom stereocenters. The molecule has 1 aliphatic heterocycles. The third-order valence-electron chi connectivity index (χ3n) is 5.19. The number of halogens is 2. The van der Waals surface area contributed by atoms with Crippen molar-refractivity contribution in [2.24, 2.45) is 4.99 Å². The first-order valence-electron chi connectivity index (χ1n) is 10.9. The average Bonchev–Trinajstić information content (AvgIpc) is 2.83. The van der Waals surface area contributed by atoms with Gasteiger partial charge in [0.25, 0.3) is 0 Å². The van der Waals surface area contributed by atoms with Gasteiger partial charge in [-0.15, -0.1) is 0 Å². The lowest BCUT2D eigenvalue weighted by molar-refractivity contribution is 0.122. The van der Waals surface area contributed by atoms with Gasteiger partial charge in [-0.05, 0) is 66.6 Å². The number of nitrogens with zero attached hydrogens (tertiary/aromatic N) is 2. The number of aliphatic imine (C=N–C) groups is 1. The minimum atomic E-state index is -0.309. The van der Waals surface area contributed by atoms with Crippen LogP contribution in [0.15, 0.2) is 65.7 Å². The monoisotopic (exact) mass is 468 g/mol. The second-order valence-corrected chi connectivity index (χ2v) is 7.96. The number of benzene rings is 3. The molecule has 1 fully saturated rings. The number of hydrogen-bond acceptors (Lipinski definition) is 5. The highest BCUT2D eigenvalue weighted by atomic mass is 35.5. The van der Waals surface area contributed by atoms with Crippen molar-refractivity contribution in [3.8, 4) is 11.5 Å². The van der Waals surface area contributed by atoms with E-state index < -0.39 is 0 Å². The van der Waals surface area contributed by atoms with Gasteiger partial charge in [0.2, 0.25) is 0 Å². The summed E-state index contributed by atoms with van der Waals surface area (Å²) in [5.41, 5.74) is 3.50. The SMILES string of the molecule is CCOc1cc(C=Nc2ccc(N3CCOCC3)cc2)cc(Cl)c1OCc1cccc(F)c1. The summed E-state index contributed by atoms with van der Waals surface area (Å²) in [4.78, 5) is 6.87. The van der Waals surface area contributed by atoms with Gasteiger partial charge in [-0.3, -0.25) is 4.99 Å². The molecule has 3 aromatic carbocycles. The zero-order valence-corrected chi connectivity index (χ0v) is 19.2. The third kappa shape index (κ3) is 6.24. The fourth-order valence-corrected chi connectivity index (χ4v) is 3.84. The Morgan fingerprint density at radius 2 is 1.85 bits per heavy atom. The van der Waals surface area contributed by atoms with Gasteiger partial charge in [0.1, 0.15) is 12.4 Å². The molecular weight excluding hydrogens is 443 g/mol. The van der Waals surface area contributed by atoms with Crippen molar-refractivity contribution in [2.45, 2.75) is 13.5 Å². The first-order valence-corrected chi connectivity index (χ1v) is 11.3. The minimum absolute atomic E-state index is 0.181. The van der Waals surface area contributed by atoms with Crippen molar-refractivity contribution in [3.63, 3.8) is 0 Å². The lowest BCUT2D eigenvalue weighted by Gasteiger charge is -2.28. The zero-order chi connectivity index (χ0) is 23.0. The van der Waals surface area contributed by atoms with E-state index in [1.54, 1.807) is 24.4 Å². The van der Waals surface area contributed by atoms with Gasteiger partial charge in [-0.1, -0.05) is 23.7 Å². The zero-order valence-electron chi connectivity index (χ0n) is 18.5. The second kappa shape index (κ2) is 11.2. The number of ether oxygens (including phenoxy) is 3. The highest BCUT2D eigenvalue weighted by Gasteiger charge is 2.13. The van der Waals surface area contributed by atoms with Crippen LogP contribution in [0.1, 0.15) is 18.1 Å². The summed E-state index contributed by atoms with van der Waals surface area (Å²) in [6.07, 6.45) is 1.74. The molecule has 0 bridgehead atoms. The average molecular weight is 469 g/mol. The molecule has 0 saturated carbocycles. The van der Waals surface area contributed by atoms with E-state index in [0.717, 1.165) is 37.6 Å². The molecule has 0 amide bonds. The van der Waals surface area contributed by atoms with Crippen molar-refractivity contribution in [2.75, 3.05) is 37.8 Å². The molecule has 7 heteroatoms. The lowest BCUT2D eigenvalue weighted by atomic mass is 10.2. The molecule has 0 spiro atoms. The van der Waals surface area contributed by atoms with Crippen LogP contribution in [0.2, 0.25) is 5.02 Å². The van der Waals surface area contributed by atoms with E-state index in [9.17, 15) is 4.39 Å². The maximum Gasteiger partial charge on any atom is 0.180 e. The summed E-state index contributed by atoms with van der Waals surface area (Å²) in [6.45, 7) is 5.83. The Labute approximate surface area is 198 Å². The number of morpholine rings is 1. The molecule has 1 saturated heterocycles. The van der Waals surface area contributed by atoms with Gasteiger partial charge < -0.3 is 19.1 Å². The van der Waals surface area contributed by atoms with Gasteiger partial charge in [0.05, 0.1) is 30.5 Å². The van der Waals surface area contributed by atoms with Crippen LogP contribution < -0.4 is 14.4 Å². The van der Waals surface area contributed by atoms with Crippen molar-refractivity contribution < 1.29 is 18.6 Å². The topological polar surface area (TPSA) is 43.3 Å². The summed E-state index contributed by atoms with van der Waals surface area (Å²) >= 11 is 6.50. The molecule has 1 aliphatic rings. The fourth-order valence-electron chi connectivity index (χ4n) is 3.57. The van der Waals surface area contributed by atoms with Crippen LogP contribution in [-0.4, -0.2) is 39.1 Å². The Balaban J connectivity index is 1.47. The van der Waals surface area contributed by atoms with E-state index in [1.807, 2.05) is 25.1 Å². The summed E-state index contributed by atoms with van der Waals surface area (Å²) in [5.74, 6) is 0.636. The first kappa shape index (κ1) is 23.1. The molecule has 33 heavy (non-hydrogen) atoms. The third-order valence-corrected chi connectivity index (χ3v) is 5.47. The molecule has 0 N–H and O–H groups in total. The van der Waals surface area contributed by atoms with Crippen LogP contribution in [-0.2, 0) is 11.3 Å². The fraction of sp³-hybridized carbons (Fsp3) is 0.269. The smallest absolute Gasteiger partial charge is 0.180 e. The normalized spacial score (nSPS) is 14.0. The van der Waals surface area contributed by atoms with Crippen LogP contribution in [0.4, 0.5) is 15.8 Å². The summed E-state index contributed by atoms with van der Waals surface area (Å²) < 4.78 is 30.5. The first-order chi connectivity index (χ1) is 16.1. The largest absolute Gasteiger partial charge is 0.490 e. The quantitative estimate of drug-likeness (QED) is 0.378. The van der Waals surface area contributed by atoms with E-state index in [1.165, 1.54) is 17.8 Å². The Morgan fingerprint density at radius 1 is 1.06 bits per heavy atom. The molecule has 0 aliphatic carbocycles. The second-order valence-electron chi connectivity index (χ2n) is 7.56. The highest BCUT2D eigenvalue weighted by Crippen LogP contribution is 2.37. The number of rotatable bonds is 8. The molecule has 1 heterocycles. The minimum Gasteiger partial charge on any atom is -0.490 e. The van der Waals surface area contributed by atoms with Gasteiger partial charge in [-0.2, -0.15) is 0 Å². The summed E-state index contributed by atoms with van der Waals surface area (Å²) in [7, 11) is 0. The molecule has 3 aromatic rings. The maximum atomic E-state index is 13.4. The van der Waals surface area contributed by atoms with Crippen LogP contribution in [0.3, 0.4) is 0 Å². The van der Waals surface area contributed by atoms with Crippen LogP contribution in [0, 0.1) is 5.82 Å². The molecule has 0 radical (unpaired) electrons. The van der Waals surface area contributed by atoms with Gasteiger partial charge in [0, 0.05) is 25.0 Å². The predicted molar refractivity (Wildman–Crippen MR) is 130 cm³/mol.